The first-order valence-electron chi connectivity index (χ1n) is 13.9. The van der Waals surface area contributed by atoms with Crippen molar-refractivity contribution in [3.8, 4) is 44.9 Å². The summed E-state index contributed by atoms with van der Waals surface area (Å²) in [5.74, 6) is 0.0984. The highest BCUT2D eigenvalue weighted by Gasteiger charge is 2.18. The van der Waals surface area contributed by atoms with Gasteiger partial charge in [-0.15, -0.1) is 0 Å². The van der Waals surface area contributed by atoms with E-state index in [1.54, 1.807) is 0 Å². The average molecular weight is 577 g/mol. The zero-order valence-corrected chi connectivity index (χ0v) is 24.5. The van der Waals surface area contributed by atoms with Crippen LogP contribution in [0.1, 0.15) is 22.3 Å². The van der Waals surface area contributed by atoms with Crippen molar-refractivity contribution in [1.82, 2.24) is 10.6 Å². The van der Waals surface area contributed by atoms with Crippen molar-refractivity contribution < 1.29 is 28.5 Å². The fraction of sp³-hybridized carbons (Fsp3) is 0.294. The molecule has 0 unspecified atom stereocenters. The van der Waals surface area contributed by atoms with E-state index >= 15 is 8.78 Å². The van der Waals surface area contributed by atoms with E-state index in [-0.39, 0.29) is 37.9 Å². The summed E-state index contributed by atoms with van der Waals surface area (Å²) < 4.78 is 41.5. The van der Waals surface area contributed by atoms with Gasteiger partial charge in [0.2, 0.25) is 0 Å². The van der Waals surface area contributed by atoms with E-state index in [1.165, 1.54) is 26.4 Å². The molecule has 8 heteroatoms. The smallest absolute Gasteiger partial charge is 0.132 e. The minimum atomic E-state index is -0.385. The molecule has 6 nitrogen and oxygen atoms in total. The fourth-order valence-electron chi connectivity index (χ4n) is 5.31. The number of aliphatic hydroxyl groups is 2. The van der Waals surface area contributed by atoms with Crippen molar-refractivity contribution in [2.24, 2.45) is 0 Å². The van der Waals surface area contributed by atoms with Crippen LogP contribution in [0.2, 0.25) is 0 Å². The van der Waals surface area contributed by atoms with Gasteiger partial charge in [0.15, 0.2) is 0 Å². The predicted molar refractivity (Wildman–Crippen MR) is 163 cm³/mol. The maximum Gasteiger partial charge on any atom is 0.132 e. The lowest BCUT2D eigenvalue weighted by atomic mass is 9.87. The Morgan fingerprint density at radius 3 is 1.36 bits per heavy atom. The van der Waals surface area contributed by atoms with Crippen LogP contribution in [0.25, 0.3) is 33.4 Å². The molecule has 0 amide bonds. The number of rotatable bonds is 13. The van der Waals surface area contributed by atoms with Crippen molar-refractivity contribution in [3.63, 3.8) is 0 Å². The van der Waals surface area contributed by atoms with Gasteiger partial charge in [-0.3, -0.25) is 0 Å². The molecule has 4 N–H and O–H groups in total. The van der Waals surface area contributed by atoms with Gasteiger partial charge in [-0.05, 0) is 82.6 Å². The van der Waals surface area contributed by atoms with Gasteiger partial charge in [0.1, 0.15) is 23.1 Å². The molecular weight excluding hydrogens is 538 g/mol. The highest BCUT2D eigenvalue weighted by molar-refractivity contribution is 5.84. The largest absolute Gasteiger partial charge is 0.496 e. The molecule has 0 heterocycles. The Balaban J connectivity index is 1.75. The van der Waals surface area contributed by atoms with Crippen LogP contribution >= 0.6 is 0 Å². The van der Waals surface area contributed by atoms with Gasteiger partial charge in [-0.25, -0.2) is 8.78 Å². The van der Waals surface area contributed by atoms with Gasteiger partial charge in [0.05, 0.1) is 27.4 Å². The first-order valence-corrected chi connectivity index (χ1v) is 13.9. The van der Waals surface area contributed by atoms with Crippen molar-refractivity contribution in [2.75, 3.05) is 40.5 Å². The second-order valence-electron chi connectivity index (χ2n) is 10.0. The maximum atomic E-state index is 15.2. The Labute approximate surface area is 245 Å². The minimum Gasteiger partial charge on any atom is -0.496 e. The van der Waals surface area contributed by atoms with E-state index in [4.69, 9.17) is 19.7 Å². The van der Waals surface area contributed by atoms with E-state index in [0.717, 1.165) is 33.4 Å². The van der Waals surface area contributed by atoms with E-state index in [2.05, 4.69) is 10.6 Å². The average Bonchev–Trinajstić information content (AvgIpc) is 2.99. The maximum absolute atomic E-state index is 15.2. The number of halogens is 2. The third-order valence-corrected chi connectivity index (χ3v) is 7.51. The molecule has 0 saturated heterocycles. The lowest BCUT2D eigenvalue weighted by Crippen LogP contribution is -2.18. The van der Waals surface area contributed by atoms with E-state index < -0.39 is 0 Å². The van der Waals surface area contributed by atoms with Crippen LogP contribution in [-0.4, -0.2) is 50.7 Å². The number of hydrogen-bond acceptors (Lipinski definition) is 6. The highest BCUT2D eigenvalue weighted by atomic mass is 19.1. The molecule has 222 valence electrons. The molecule has 0 aromatic heterocycles. The summed E-state index contributed by atoms with van der Waals surface area (Å²) >= 11 is 0. The van der Waals surface area contributed by atoms with Crippen LogP contribution in [0.5, 0.6) is 11.5 Å². The van der Waals surface area contributed by atoms with Gasteiger partial charge in [0, 0.05) is 37.3 Å². The van der Waals surface area contributed by atoms with Crippen LogP contribution in [0.4, 0.5) is 8.78 Å². The zero-order chi connectivity index (χ0) is 30.2. The zero-order valence-electron chi connectivity index (χ0n) is 24.5. The van der Waals surface area contributed by atoms with Crippen molar-refractivity contribution in [1.29, 1.82) is 0 Å². The summed E-state index contributed by atoms with van der Waals surface area (Å²) in [7, 11) is 3.03. The molecule has 42 heavy (non-hydrogen) atoms. The second-order valence-corrected chi connectivity index (χ2v) is 10.0. The SMILES string of the molecule is COc1cc(-c2cccc(-c3cccc(-c4cc(F)c(CNCCO)c(OC)c4)c3C)c2C)cc(F)c1CNCCO. The Hall–Kier alpha value is -3.82. The molecule has 0 bridgehead atoms. The first-order chi connectivity index (χ1) is 20.3. The fourth-order valence-corrected chi connectivity index (χ4v) is 5.31. The summed E-state index contributed by atoms with van der Waals surface area (Å²) in [5, 5.41) is 24.1. The molecule has 0 aliphatic carbocycles. The Bertz CT molecular complexity index is 1430. The van der Waals surface area contributed by atoms with E-state index in [1.807, 2.05) is 62.4 Å². The monoisotopic (exact) mass is 576 g/mol. The van der Waals surface area contributed by atoms with Crippen LogP contribution in [-0.2, 0) is 13.1 Å². The molecule has 0 fully saturated rings. The van der Waals surface area contributed by atoms with Crippen molar-refractivity contribution in [2.45, 2.75) is 26.9 Å². The summed E-state index contributed by atoms with van der Waals surface area (Å²) in [6.45, 7) is 5.14. The van der Waals surface area contributed by atoms with Crippen molar-refractivity contribution in [3.05, 3.63) is 94.6 Å². The number of hydrogen-bond donors (Lipinski definition) is 4. The van der Waals surface area contributed by atoms with Crippen LogP contribution in [0, 0.1) is 25.5 Å². The van der Waals surface area contributed by atoms with Crippen molar-refractivity contribution >= 4 is 0 Å². The summed E-state index contributed by atoms with van der Waals surface area (Å²) in [6, 6.07) is 18.6. The molecule has 4 aromatic rings. The lowest BCUT2D eigenvalue weighted by molar-refractivity contribution is 0.290. The topological polar surface area (TPSA) is 83.0 Å². The standard InChI is InChI=1S/C34H38F2N2O4/c1-21-25(23-15-31(35)29(19-37-11-13-39)33(17-23)41-3)7-5-9-27(21)28-10-6-8-26(22(28)2)24-16-32(36)30(20-38-12-14-40)34(18-24)42-4/h5-10,15-18,37-40H,11-14,19-20H2,1-4H3. The van der Waals surface area contributed by atoms with Crippen LogP contribution < -0.4 is 20.1 Å². The number of nitrogens with one attached hydrogen (secondary N) is 2. The molecule has 0 saturated carbocycles. The molecule has 4 aromatic carbocycles. The third kappa shape index (κ3) is 6.63. The van der Waals surface area contributed by atoms with Crippen LogP contribution in [0.3, 0.4) is 0 Å². The molecule has 4 rings (SSSR count). The number of aliphatic hydroxyl groups excluding tert-OH is 2. The van der Waals surface area contributed by atoms with Gasteiger partial charge in [-0.1, -0.05) is 36.4 Å². The van der Waals surface area contributed by atoms with E-state index in [0.29, 0.717) is 46.8 Å². The molecular formula is C34H38F2N2O4. The van der Waals surface area contributed by atoms with Crippen LogP contribution in [0.15, 0.2) is 60.7 Å². The Kier molecular flexibility index (Phi) is 10.7. The normalized spacial score (nSPS) is 11.1. The summed E-state index contributed by atoms with van der Waals surface area (Å²) in [6.07, 6.45) is 0. The van der Waals surface area contributed by atoms with Gasteiger partial charge in [0.25, 0.3) is 0 Å². The summed E-state index contributed by atoms with van der Waals surface area (Å²) in [5.41, 5.74) is 7.86. The molecule has 0 atom stereocenters. The first kappa shape index (κ1) is 31.1. The quantitative estimate of drug-likeness (QED) is 0.152. The van der Waals surface area contributed by atoms with Gasteiger partial charge in [-0.2, -0.15) is 0 Å². The third-order valence-electron chi connectivity index (χ3n) is 7.51. The molecule has 0 spiro atoms. The van der Waals surface area contributed by atoms with E-state index in [9.17, 15) is 0 Å². The molecule has 0 aliphatic rings. The highest BCUT2D eigenvalue weighted by Crippen LogP contribution is 2.39. The molecule has 0 aliphatic heterocycles. The Morgan fingerprint density at radius 1 is 0.619 bits per heavy atom. The number of ether oxygens (including phenoxy) is 2. The molecule has 0 radical (unpaired) electrons. The minimum absolute atomic E-state index is 0.0364. The lowest BCUT2D eigenvalue weighted by Gasteiger charge is -2.18. The number of benzene rings is 4. The van der Waals surface area contributed by atoms with Gasteiger partial charge < -0.3 is 30.3 Å². The second kappa shape index (κ2) is 14.4. The number of methoxy groups -OCH3 is 2. The van der Waals surface area contributed by atoms with Gasteiger partial charge >= 0.3 is 0 Å². The predicted octanol–water partition coefficient (Wildman–Crippen LogP) is 5.76. The Morgan fingerprint density at radius 2 is 1.00 bits per heavy atom. The summed E-state index contributed by atoms with van der Waals surface area (Å²) in [4.78, 5) is 0.